The van der Waals surface area contributed by atoms with Gasteiger partial charge in [0.05, 0.1) is 18.1 Å². The van der Waals surface area contributed by atoms with Gasteiger partial charge in [-0.25, -0.2) is 0 Å². The number of phenolic OH excluding ortho intramolecular Hbond substituents is 2. The zero-order chi connectivity index (χ0) is 30.2. The molecule has 0 aromatic heterocycles. The Morgan fingerprint density at radius 2 is 1.76 bits per heavy atom. The van der Waals surface area contributed by atoms with Crippen LogP contribution in [0.3, 0.4) is 0 Å². The van der Waals surface area contributed by atoms with Crippen LogP contribution in [0.1, 0.15) is 73.2 Å². The number of hydrogen-bond donors (Lipinski definition) is 7. The van der Waals surface area contributed by atoms with Gasteiger partial charge in [0.25, 0.3) is 5.91 Å². The largest absolute Gasteiger partial charge is 0.508 e. The van der Waals surface area contributed by atoms with Gasteiger partial charge in [0, 0.05) is 34.4 Å². The lowest BCUT2D eigenvalue weighted by Gasteiger charge is -2.51. The van der Waals surface area contributed by atoms with Crippen molar-refractivity contribution in [1.29, 1.82) is 0 Å². The molecule has 2 aromatic carbocycles. The molecular weight excluding hydrogens is 534 g/mol. The summed E-state index contributed by atoms with van der Waals surface area (Å²) in [4.78, 5) is 38.9. The highest BCUT2D eigenvalue weighted by Crippen LogP contribution is 2.66. The van der Waals surface area contributed by atoms with Gasteiger partial charge in [-0.1, -0.05) is 25.5 Å². The highest BCUT2D eigenvalue weighted by molar-refractivity contribution is 6.24. The van der Waals surface area contributed by atoms with E-state index in [-0.39, 0.29) is 17.4 Å². The van der Waals surface area contributed by atoms with Crippen LogP contribution in [0.5, 0.6) is 17.2 Å². The van der Waals surface area contributed by atoms with Crippen molar-refractivity contribution < 1.29 is 49.8 Å². The van der Waals surface area contributed by atoms with Crippen molar-refractivity contribution in [3.8, 4) is 17.2 Å². The van der Waals surface area contributed by atoms with Gasteiger partial charge >= 0.3 is 0 Å². The second-order valence-corrected chi connectivity index (χ2v) is 12.3. The molecule has 1 spiro atoms. The Bertz CT molecular complexity index is 1720. The summed E-state index contributed by atoms with van der Waals surface area (Å²) in [6, 6.07) is 1.33. The predicted molar refractivity (Wildman–Crippen MR) is 144 cm³/mol. The number of aromatic hydroxyl groups is 2. The number of methoxy groups -OCH3 is 1. The number of rotatable bonds is 2. The zero-order valence-electron chi connectivity index (χ0n) is 23.0. The molecule has 0 saturated carbocycles. The van der Waals surface area contributed by atoms with Crippen molar-refractivity contribution in [2.45, 2.75) is 69.2 Å². The molecule has 11 nitrogen and oxygen atoms in total. The van der Waals surface area contributed by atoms with Gasteiger partial charge in [-0.3, -0.25) is 14.4 Å². The van der Waals surface area contributed by atoms with Crippen molar-refractivity contribution >= 4 is 28.2 Å². The number of amides is 1. The maximum absolute atomic E-state index is 14.1. The van der Waals surface area contributed by atoms with Crippen molar-refractivity contribution in [2.24, 2.45) is 11.1 Å². The summed E-state index contributed by atoms with van der Waals surface area (Å²) >= 11 is 0. The van der Waals surface area contributed by atoms with Gasteiger partial charge in [-0.15, -0.1) is 0 Å². The van der Waals surface area contributed by atoms with E-state index in [1.807, 2.05) is 6.92 Å². The number of ketones is 2. The summed E-state index contributed by atoms with van der Waals surface area (Å²) in [5, 5.41) is 68.9. The fraction of sp³-hybridized carbons (Fsp3) is 0.433. The fourth-order valence-corrected chi connectivity index (χ4v) is 8.11. The number of Topliss-reactive ketones (excluding diaryl/α,β-unsaturated/α-hetero) is 2. The number of aliphatic hydroxyl groups excluding tert-OH is 2. The minimum absolute atomic E-state index is 0.138. The van der Waals surface area contributed by atoms with Crippen molar-refractivity contribution in [2.75, 3.05) is 7.11 Å². The predicted octanol–water partition coefficient (Wildman–Crippen LogP) is 1.78. The molecule has 0 radical (unpaired) electrons. The summed E-state index contributed by atoms with van der Waals surface area (Å²) in [5.74, 6) is -6.54. The van der Waals surface area contributed by atoms with Crippen LogP contribution in [0.25, 0.3) is 10.8 Å². The molecule has 0 unspecified atom stereocenters. The van der Waals surface area contributed by atoms with Crippen LogP contribution in [-0.2, 0) is 21.4 Å². The number of nitrogens with two attached hydrogens (primary N) is 1. The van der Waals surface area contributed by atoms with Crippen LogP contribution in [0.2, 0.25) is 0 Å². The third-order valence-corrected chi connectivity index (χ3v) is 10.2. The van der Waals surface area contributed by atoms with E-state index in [0.717, 1.165) is 18.4 Å². The number of primary amides is 1. The first kappa shape index (κ1) is 27.3. The molecule has 216 valence electrons. The van der Waals surface area contributed by atoms with Crippen LogP contribution in [0, 0.1) is 5.41 Å². The first-order valence-corrected chi connectivity index (χ1v) is 13.3. The van der Waals surface area contributed by atoms with Gasteiger partial charge < -0.3 is 41.1 Å². The summed E-state index contributed by atoms with van der Waals surface area (Å²) < 4.78 is 5.73. The maximum Gasteiger partial charge on any atom is 0.255 e. The van der Waals surface area contributed by atoms with Crippen LogP contribution >= 0.6 is 0 Å². The normalized spacial score (nSPS) is 31.8. The van der Waals surface area contributed by atoms with Crippen molar-refractivity contribution in [1.82, 2.24) is 0 Å². The lowest BCUT2D eigenvalue weighted by Crippen LogP contribution is -2.69. The van der Waals surface area contributed by atoms with Crippen LogP contribution in [-0.4, -0.2) is 66.4 Å². The van der Waals surface area contributed by atoms with E-state index < -0.39 is 80.4 Å². The zero-order valence-corrected chi connectivity index (χ0v) is 23.0. The van der Waals surface area contributed by atoms with E-state index in [4.69, 9.17) is 10.5 Å². The number of phenols is 2. The third-order valence-electron chi connectivity index (χ3n) is 10.2. The minimum atomic E-state index is -3.41. The number of carbonyl (C=O) groups excluding carboxylic acids is 3. The smallest absolute Gasteiger partial charge is 0.255 e. The summed E-state index contributed by atoms with van der Waals surface area (Å²) in [7, 11) is 1.44. The highest BCUT2D eigenvalue weighted by atomic mass is 16.5. The van der Waals surface area contributed by atoms with E-state index >= 15 is 0 Å². The minimum Gasteiger partial charge on any atom is -0.508 e. The van der Waals surface area contributed by atoms with Gasteiger partial charge in [-0.05, 0) is 37.2 Å². The van der Waals surface area contributed by atoms with Gasteiger partial charge in [-0.2, -0.15) is 0 Å². The Labute approximate surface area is 234 Å². The second kappa shape index (κ2) is 7.87. The van der Waals surface area contributed by atoms with E-state index in [2.05, 4.69) is 19.9 Å². The number of carbonyl (C=O) groups is 3. The summed E-state index contributed by atoms with van der Waals surface area (Å²) in [6.07, 6.45) is 0.488. The molecule has 8 N–H and O–H groups in total. The molecule has 4 aliphatic carbocycles. The van der Waals surface area contributed by atoms with Gasteiger partial charge in [0.1, 0.15) is 34.5 Å². The molecule has 4 atom stereocenters. The third kappa shape index (κ3) is 2.76. The quantitative estimate of drug-likeness (QED) is 0.207. The molecule has 0 fully saturated rings. The number of ether oxygens (including phenoxy) is 1. The molecule has 0 heterocycles. The van der Waals surface area contributed by atoms with E-state index in [0.29, 0.717) is 22.3 Å². The first-order chi connectivity index (χ1) is 19.0. The van der Waals surface area contributed by atoms with E-state index in [9.17, 15) is 45.0 Å². The fourth-order valence-electron chi connectivity index (χ4n) is 8.11. The van der Waals surface area contributed by atoms with Gasteiger partial charge in [0.15, 0.2) is 11.5 Å². The standard InChI is InChI=1S/C30H31NO10/c1-11-6-5-7-27(2,3)28(11)9-12-16-18(13(32)8-15(41-4)21(16)28)22(34)20-17(12)23(35)29(39)10-14(33)19(26(31)38)24(36)30(29,40)25(20)37/h6,8,23,32,34-36,39-40H,5,7,9-10H2,1-4H3,(H2,31,38)/t23-,28+,29+,30-/m0/s1. The molecule has 2 aromatic rings. The number of allylic oxidation sites excluding steroid dienone is 2. The molecular formula is C30H31NO10. The summed E-state index contributed by atoms with van der Waals surface area (Å²) in [5.41, 5.74) is -2.49. The number of aliphatic hydroxyl groups is 4. The van der Waals surface area contributed by atoms with Crippen LogP contribution in [0.4, 0.5) is 0 Å². The molecule has 6 rings (SSSR count). The lowest BCUT2D eigenvalue weighted by molar-refractivity contribution is -0.193. The molecule has 0 aliphatic heterocycles. The Morgan fingerprint density at radius 1 is 1.10 bits per heavy atom. The Hall–Kier alpha value is -3.93. The van der Waals surface area contributed by atoms with Crippen LogP contribution in [0.15, 0.2) is 29.0 Å². The average molecular weight is 566 g/mol. The van der Waals surface area contributed by atoms with E-state index in [1.54, 1.807) is 0 Å². The molecule has 11 heteroatoms. The van der Waals surface area contributed by atoms with Gasteiger partial charge in [0.2, 0.25) is 11.4 Å². The summed E-state index contributed by atoms with van der Waals surface area (Å²) in [6.45, 7) is 6.10. The Balaban J connectivity index is 1.79. The SMILES string of the molecule is COc1cc(O)c2c(O)c3c(c4c2c1[C@@]1(C4)C(C)=CCCC1(C)C)[C@H](O)[C@]1(O)CC(=O)C(C(N)=O)=C(O)[C@]1(O)C3=O. The molecule has 4 aliphatic rings. The monoisotopic (exact) mass is 565 g/mol. The average Bonchev–Trinajstić information content (AvgIpc) is 3.24. The van der Waals surface area contributed by atoms with Crippen molar-refractivity contribution in [3.63, 3.8) is 0 Å². The second-order valence-electron chi connectivity index (χ2n) is 12.3. The highest BCUT2D eigenvalue weighted by Gasteiger charge is 2.71. The molecule has 0 saturated heterocycles. The van der Waals surface area contributed by atoms with Crippen LogP contribution < -0.4 is 10.5 Å². The molecule has 0 bridgehead atoms. The Kier molecular flexibility index (Phi) is 5.23. The number of hydrogen-bond acceptors (Lipinski definition) is 10. The number of fused-ring (bicyclic) bond motifs is 4. The topological polar surface area (TPSA) is 208 Å². The lowest BCUT2D eigenvalue weighted by atomic mass is 9.54. The van der Waals surface area contributed by atoms with E-state index in [1.165, 1.54) is 13.2 Å². The molecule has 41 heavy (non-hydrogen) atoms. The number of benzene rings is 2. The molecule has 1 amide bonds. The van der Waals surface area contributed by atoms with Crippen molar-refractivity contribution in [3.05, 3.63) is 51.3 Å². The first-order valence-electron chi connectivity index (χ1n) is 13.3. The Morgan fingerprint density at radius 3 is 2.34 bits per heavy atom. The maximum atomic E-state index is 14.1.